The van der Waals surface area contributed by atoms with E-state index < -0.39 is 5.97 Å². The summed E-state index contributed by atoms with van der Waals surface area (Å²) in [5.41, 5.74) is 1.81. The minimum Gasteiger partial charge on any atom is -0.496 e. The molecule has 0 unspecified atom stereocenters. The Hall–Kier alpha value is -3.45. The molecule has 4 aromatic rings. The number of methoxy groups -OCH3 is 1. The SMILES string of the molecule is COc1ccccc1C=CC(=O)OCc1cc(=O)n2c(n1)sc1ccccc12. The quantitative estimate of drug-likeness (QED) is 0.383. The molecule has 0 aliphatic heterocycles. The smallest absolute Gasteiger partial charge is 0.331 e. The lowest BCUT2D eigenvalue weighted by atomic mass is 10.2. The molecule has 7 heteroatoms. The number of carbonyl (C=O) groups excluding carboxylic acids is 1. The number of nitrogens with zero attached hydrogens (tertiary/aromatic N) is 2. The number of hydrogen-bond acceptors (Lipinski definition) is 6. The number of fused-ring (bicyclic) bond motifs is 3. The monoisotopic (exact) mass is 392 g/mol. The van der Waals surface area contributed by atoms with Gasteiger partial charge < -0.3 is 9.47 Å². The summed E-state index contributed by atoms with van der Waals surface area (Å²) in [5, 5.41) is 0. The van der Waals surface area contributed by atoms with Gasteiger partial charge in [-0.3, -0.25) is 9.20 Å². The fraction of sp³-hybridized carbons (Fsp3) is 0.0952. The molecule has 2 aromatic heterocycles. The van der Waals surface area contributed by atoms with Crippen LogP contribution in [0, 0.1) is 0 Å². The van der Waals surface area contributed by atoms with E-state index in [0.29, 0.717) is 16.4 Å². The van der Waals surface area contributed by atoms with Crippen molar-refractivity contribution in [1.29, 1.82) is 0 Å². The number of thiazole rings is 1. The molecule has 0 fully saturated rings. The summed E-state index contributed by atoms with van der Waals surface area (Å²) in [5.74, 6) is 0.140. The van der Waals surface area contributed by atoms with Crippen LogP contribution in [0.5, 0.6) is 5.75 Å². The summed E-state index contributed by atoms with van der Waals surface area (Å²) in [6, 6.07) is 16.4. The van der Waals surface area contributed by atoms with E-state index in [2.05, 4.69) is 4.98 Å². The Kier molecular flexibility index (Phi) is 4.90. The number of rotatable bonds is 5. The van der Waals surface area contributed by atoms with Gasteiger partial charge in [-0.25, -0.2) is 9.78 Å². The Labute approximate surface area is 164 Å². The Morgan fingerprint density at radius 2 is 1.96 bits per heavy atom. The first-order chi connectivity index (χ1) is 13.7. The van der Waals surface area contributed by atoms with Gasteiger partial charge in [0.2, 0.25) is 0 Å². The van der Waals surface area contributed by atoms with Crippen LogP contribution >= 0.6 is 11.3 Å². The van der Waals surface area contributed by atoms with E-state index in [-0.39, 0.29) is 12.2 Å². The lowest BCUT2D eigenvalue weighted by molar-refractivity contribution is -0.139. The second-order valence-electron chi connectivity index (χ2n) is 5.96. The Morgan fingerprint density at radius 1 is 1.18 bits per heavy atom. The van der Waals surface area contributed by atoms with Gasteiger partial charge in [-0.1, -0.05) is 41.7 Å². The summed E-state index contributed by atoms with van der Waals surface area (Å²) < 4.78 is 13.0. The maximum atomic E-state index is 12.5. The Morgan fingerprint density at radius 3 is 2.82 bits per heavy atom. The van der Waals surface area contributed by atoms with E-state index in [4.69, 9.17) is 9.47 Å². The first kappa shape index (κ1) is 17.9. The van der Waals surface area contributed by atoms with Gasteiger partial charge in [-0.05, 0) is 24.3 Å². The van der Waals surface area contributed by atoms with E-state index in [1.54, 1.807) is 17.6 Å². The van der Waals surface area contributed by atoms with Crippen molar-refractivity contribution < 1.29 is 14.3 Å². The molecule has 6 nitrogen and oxygen atoms in total. The normalized spacial score (nSPS) is 11.3. The lowest BCUT2D eigenvalue weighted by Gasteiger charge is -2.04. The second-order valence-corrected chi connectivity index (χ2v) is 6.97. The van der Waals surface area contributed by atoms with Crippen LogP contribution in [0.1, 0.15) is 11.3 Å². The summed E-state index contributed by atoms with van der Waals surface area (Å²) in [4.78, 5) is 29.5. The van der Waals surface area contributed by atoms with Crippen molar-refractivity contribution in [2.45, 2.75) is 6.61 Å². The van der Waals surface area contributed by atoms with E-state index in [0.717, 1.165) is 15.8 Å². The van der Waals surface area contributed by atoms with Crippen molar-refractivity contribution in [3.05, 3.63) is 82.3 Å². The second kappa shape index (κ2) is 7.66. The first-order valence-electron chi connectivity index (χ1n) is 8.54. The van der Waals surface area contributed by atoms with Crippen molar-refractivity contribution in [3.8, 4) is 5.75 Å². The number of esters is 1. The molecule has 0 spiro atoms. The third kappa shape index (κ3) is 3.52. The van der Waals surface area contributed by atoms with Crippen LogP contribution in [0.25, 0.3) is 21.3 Å². The zero-order valence-electron chi connectivity index (χ0n) is 15.0. The molecular formula is C21H16N2O4S. The van der Waals surface area contributed by atoms with Gasteiger partial charge in [0.15, 0.2) is 4.96 Å². The highest BCUT2D eigenvalue weighted by molar-refractivity contribution is 7.23. The number of aromatic nitrogens is 2. The van der Waals surface area contributed by atoms with Gasteiger partial charge in [0.05, 0.1) is 23.0 Å². The molecule has 0 radical (unpaired) electrons. The average molecular weight is 392 g/mol. The van der Waals surface area contributed by atoms with Crippen molar-refractivity contribution in [2.75, 3.05) is 7.11 Å². The summed E-state index contributed by atoms with van der Waals surface area (Å²) in [6.45, 7) is -0.0743. The fourth-order valence-electron chi connectivity index (χ4n) is 2.85. The maximum absolute atomic E-state index is 12.5. The Balaban J connectivity index is 1.51. The van der Waals surface area contributed by atoms with Crippen molar-refractivity contribution in [1.82, 2.24) is 9.38 Å². The third-order valence-electron chi connectivity index (χ3n) is 4.15. The standard InChI is InChI=1S/C21H16N2O4S/c1-26-17-8-4-2-6-14(17)10-11-20(25)27-13-15-12-19(24)23-16-7-3-5-9-18(16)28-21(23)22-15/h2-12H,13H2,1H3. The molecule has 0 amide bonds. The number of carbonyl (C=O) groups is 1. The maximum Gasteiger partial charge on any atom is 0.331 e. The van der Waals surface area contributed by atoms with Crippen LogP contribution in [0.3, 0.4) is 0 Å². The minimum atomic E-state index is -0.524. The summed E-state index contributed by atoms with van der Waals surface area (Å²) in [6.07, 6.45) is 2.95. The van der Waals surface area contributed by atoms with E-state index >= 15 is 0 Å². The molecule has 2 heterocycles. The van der Waals surface area contributed by atoms with Crippen molar-refractivity contribution in [2.24, 2.45) is 0 Å². The number of para-hydroxylation sites is 2. The molecule has 0 saturated heterocycles. The molecule has 2 aromatic carbocycles. The lowest BCUT2D eigenvalue weighted by Crippen LogP contribution is -2.15. The predicted molar refractivity (Wildman–Crippen MR) is 109 cm³/mol. The van der Waals surface area contributed by atoms with Crippen LogP contribution in [0.15, 0.2) is 65.5 Å². The number of ether oxygens (including phenoxy) is 2. The predicted octanol–water partition coefficient (Wildman–Crippen LogP) is 3.67. The molecular weight excluding hydrogens is 376 g/mol. The largest absolute Gasteiger partial charge is 0.496 e. The zero-order valence-corrected chi connectivity index (χ0v) is 15.8. The average Bonchev–Trinajstić information content (AvgIpc) is 3.09. The van der Waals surface area contributed by atoms with Gasteiger partial charge in [0, 0.05) is 17.7 Å². The van der Waals surface area contributed by atoms with Crippen LogP contribution in [-0.4, -0.2) is 22.5 Å². The molecule has 0 N–H and O–H groups in total. The molecule has 0 atom stereocenters. The minimum absolute atomic E-state index is 0.0743. The highest BCUT2D eigenvalue weighted by Gasteiger charge is 2.10. The molecule has 0 bridgehead atoms. The third-order valence-corrected chi connectivity index (χ3v) is 5.17. The van der Waals surface area contributed by atoms with Gasteiger partial charge >= 0.3 is 5.97 Å². The molecule has 4 rings (SSSR count). The first-order valence-corrected chi connectivity index (χ1v) is 9.35. The highest BCUT2D eigenvalue weighted by Crippen LogP contribution is 2.23. The van der Waals surface area contributed by atoms with E-state index in [9.17, 15) is 9.59 Å². The summed E-state index contributed by atoms with van der Waals surface area (Å²) in [7, 11) is 1.57. The van der Waals surface area contributed by atoms with Crippen molar-refractivity contribution in [3.63, 3.8) is 0 Å². The fourth-order valence-corrected chi connectivity index (χ4v) is 3.90. The van der Waals surface area contributed by atoms with Crippen LogP contribution in [0.4, 0.5) is 0 Å². The molecule has 0 saturated carbocycles. The van der Waals surface area contributed by atoms with Gasteiger partial charge in [0.1, 0.15) is 12.4 Å². The van der Waals surface area contributed by atoms with E-state index in [1.165, 1.54) is 23.5 Å². The van der Waals surface area contributed by atoms with Crippen molar-refractivity contribution >= 4 is 38.6 Å². The van der Waals surface area contributed by atoms with Crippen LogP contribution in [-0.2, 0) is 16.1 Å². The van der Waals surface area contributed by atoms with Gasteiger partial charge in [-0.15, -0.1) is 0 Å². The summed E-state index contributed by atoms with van der Waals surface area (Å²) >= 11 is 1.42. The van der Waals surface area contributed by atoms with Crippen LogP contribution in [0.2, 0.25) is 0 Å². The molecule has 0 aliphatic carbocycles. The zero-order chi connectivity index (χ0) is 19.5. The highest BCUT2D eigenvalue weighted by atomic mass is 32.1. The topological polar surface area (TPSA) is 69.9 Å². The molecule has 28 heavy (non-hydrogen) atoms. The number of hydrogen-bond donors (Lipinski definition) is 0. The number of benzene rings is 2. The molecule has 0 aliphatic rings. The van der Waals surface area contributed by atoms with Gasteiger partial charge in [0.25, 0.3) is 5.56 Å². The molecule has 140 valence electrons. The Bertz CT molecular complexity index is 1260. The van der Waals surface area contributed by atoms with Crippen LogP contribution < -0.4 is 10.3 Å². The van der Waals surface area contributed by atoms with Gasteiger partial charge in [-0.2, -0.15) is 0 Å². The van der Waals surface area contributed by atoms with E-state index in [1.807, 2.05) is 48.5 Å².